The standard InChI is InChI=1S/C18H26N4O/c1-3-4-5-11-20-18-21-13-10-17(22-18)19-12-9-15-7-6-8-16(14-15)23-2/h6-8,10,13-14H,3-5,9,11-12H2,1-2H3,(H2,19,20,21,22). The van der Waals surface area contributed by atoms with Crippen molar-refractivity contribution < 1.29 is 4.74 Å². The molecule has 0 bridgehead atoms. The van der Waals surface area contributed by atoms with Gasteiger partial charge in [0.1, 0.15) is 11.6 Å². The minimum Gasteiger partial charge on any atom is -0.497 e. The van der Waals surface area contributed by atoms with Crippen LogP contribution in [0.3, 0.4) is 0 Å². The van der Waals surface area contributed by atoms with Crippen LogP contribution < -0.4 is 15.4 Å². The van der Waals surface area contributed by atoms with Crippen LogP contribution in [0.5, 0.6) is 5.75 Å². The molecule has 1 aromatic carbocycles. The Kier molecular flexibility index (Phi) is 7.17. The zero-order valence-electron chi connectivity index (χ0n) is 14.0. The van der Waals surface area contributed by atoms with E-state index in [0.717, 1.165) is 37.5 Å². The number of nitrogens with one attached hydrogen (secondary N) is 2. The van der Waals surface area contributed by atoms with E-state index >= 15 is 0 Å². The number of rotatable bonds is 10. The molecule has 2 N–H and O–H groups in total. The van der Waals surface area contributed by atoms with Crippen molar-refractivity contribution in [1.29, 1.82) is 0 Å². The second-order valence-electron chi connectivity index (χ2n) is 5.43. The molecule has 0 saturated carbocycles. The third-order valence-electron chi connectivity index (χ3n) is 3.57. The molecule has 0 spiro atoms. The summed E-state index contributed by atoms with van der Waals surface area (Å²) in [5, 5.41) is 6.60. The number of hydrogen-bond acceptors (Lipinski definition) is 5. The molecule has 0 aliphatic rings. The van der Waals surface area contributed by atoms with Crippen LogP contribution in [0, 0.1) is 0 Å². The minimum absolute atomic E-state index is 0.687. The van der Waals surface area contributed by atoms with Gasteiger partial charge in [-0.25, -0.2) is 4.98 Å². The van der Waals surface area contributed by atoms with Crippen LogP contribution in [0.1, 0.15) is 31.7 Å². The van der Waals surface area contributed by atoms with Crippen LogP contribution in [-0.4, -0.2) is 30.2 Å². The lowest BCUT2D eigenvalue weighted by molar-refractivity contribution is 0.414. The van der Waals surface area contributed by atoms with Crippen LogP contribution in [0.25, 0.3) is 0 Å². The molecule has 1 heterocycles. The van der Waals surface area contributed by atoms with Crippen molar-refractivity contribution in [3.05, 3.63) is 42.1 Å². The quantitative estimate of drug-likeness (QED) is 0.654. The normalized spacial score (nSPS) is 10.3. The molecule has 0 amide bonds. The van der Waals surface area contributed by atoms with Gasteiger partial charge in [0.2, 0.25) is 5.95 Å². The fraction of sp³-hybridized carbons (Fsp3) is 0.444. The van der Waals surface area contributed by atoms with Gasteiger partial charge >= 0.3 is 0 Å². The molecule has 2 rings (SSSR count). The Labute approximate surface area is 138 Å². The number of methoxy groups -OCH3 is 1. The smallest absolute Gasteiger partial charge is 0.224 e. The fourth-order valence-electron chi connectivity index (χ4n) is 2.28. The highest BCUT2D eigenvalue weighted by molar-refractivity contribution is 5.39. The molecule has 0 unspecified atom stereocenters. The summed E-state index contributed by atoms with van der Waals surface area (Å²) >= 11 is 0. The molecular formula is C18H26N4O. The summed E-state index contributed by atoms with van der Waals surface area (Å²) in [6.45, 7) is 3.93. The molecule has 0 saturated heterocycles. The van der Waals surface area contributed by atoms with Crippen LogP contribution in [0.4, 0.5) is 11.8 Å². The highest BCUT2D eigenvalue weighted by Gasteiger charge is 2.00. The maximum Gasteiger partial charge on any atom is 0.224 e. The van der Waals surface area contributed by atoms with Crippen LogP contribution in [0.15, 0.2) is 36.5 Å². The fourth-order valence-corrected chi connectivity index (χ4v) is 2.28. The first-order chi connectivity index (χ1) is 11.3. The zero-order valence-corrected chi connectivity index (χ0v) is 14.0. The van der Waals surface area contributed by atoms with E-state index in [1.807, 2.05) is 18.2 Å². The zero-order chi connectivity index (χ0) is 16.3. The summed E-state index contributed by atoms with van der Waals surface area (Å²) in [6.07, 6.45) is 6.29. The highest BCUT2D eigenvalue weighted by atomic mass is 16.5. The Hall–Kier alpha value is -2.30. The van der Waals surface area contributed by atoms with Gasteiger partial charge in [-0.2, -0.15) is 4.98 Å². The maximum atomic E-state index is 5.24. The summed E-state index contributed by atoms with van der Waals surface area (Å²) in [4.78, 5) is 8.72. The van der Waals surface area contributed by atoms with Gasteiger partial charge < -0.3 is 15.4 Å². The molecule has 124 valence electrons. The van der Waals surface area contributed by atoms with Gasteiger partial charge in [0.15, 0.2) is 0 Å². The van der Waals surface area contributed by atoms with Crippen molar-refractivity contribution in [1.82, 2.24) is 9.97 Å². The van der Waals surface area contributed by atoms with Gasteiger partial charge in [0.25, 0.3) is 0 Å². The van der Waals surface area contributed by atoms with Gasteiger partial charge in [-0.05, 0) is 36.6 Å². The molecular weight excluding hydrogens is 288 g/mol. The number of nitrogens with zero attached hydrogens (tertiary/aromatic N) is 2. The average Bonchev–Trinajstić information content (AvgIpc) is 2.59. The molecule has 23 heavy (non-hydrogen) atoms. The molecule has 1 aromatic heterocycles. The second-order valence-corrected chi connectivity index (χ2v) is 5.43. The molecule has 0 aliphatic carbocycles. The molecule has 0 aliphatic heterocycles. The second kappa shape index (κ2) is 9.66. The Morgan fingerprint density at radius 1 is 1.09 bits per heavy atom. The largest absolute Gasteiger partial charge is 0.497 e. The summed E-state index contributed by atoms with van der Waals surface area (Å²) < 4.78 is 5.24. The van der Waals surface area contributed by atoms with Gasteiger partial charge in [0, 0.05) is 19.3 Å². The van der Waals surface area contributed by atoms with Crippen molar-refractivity contribution in [3.8, 4) is 5.75 Å². The van der Waals surface area contributed by atoms with Crippen LogP contribution in [-0.2, 0) is 6.42 Å². The first-order valence-electron chi connectivity index (χ1n) is 8.25. The van der Waals surface area contributed by atoms with Crippen LogP contribution in [0.2, 0.25) is 0 Å². The predicted octanol–water partition coefficient (Wildman–Crippen LogP) is 3.74. The van der Waals surface area contributed by atoms with Crippen molar-refractivity contribution in [2.24, 2.45) is 0 Å². The summed E-state index contributed by atoms with van der Waals surface area (Å²) in [5.74, 6) is 2.43. The molecule has 0 atom stereocenters. The lowest BCUT2D eigenvalue weighted by Crippen LogP contribution is -2.09. The Morgan fingerprint density at radius 3 is 2.83 bits per heavy atom. The monoisotopic (exact) mass is 314 g/mol. The third kappa shape index (κ3) is 6.14. The molecule has 0 radical (unpaired) electrons. The topological polar surface area (TPSA) is 59.1 Å². The number of anilines is 2. The number of unbranched alkanes of at least 4 members (excludes halogenated alkanes) is 2. The predicted molar refractivity (Wildman–Crippen MR) is 95.2 cm³/mol. The van der Waals surface area contributed by atoms with Crippen molar-refractivity contribution >= 4 is 11.8 Å². The number of aromatic nitrogens is 2. The lowest BCUT2D eigenvalue weighted by Gasteiger charge is -2.09. The Morgan fingerprint density at radius 2 is 2.00 bits per heavy atom. The van der Waals surface area contributed by atoms with E-state index in [1.54, 1.807) is 13.3 Å². The molecule has 2 aromatic rings. The van der Waals surface area contributed by atoms with E-state index in [0.29, 0.717) is 5.95 Å². The molecule has 0 fully saturated rings. The van der Waals surface area contributed by atoms with Gasteiger partial charge in [-0.3, -0.25) is 0 Å². The van der Waals surface area contributed by atoms with Crippen molar-refractivity contribution in [2.45, 2.75) is 32.6 Å². The lowest BCUT2D eigenvalue weighted by atomic mass is 10.1. The maximum absolute atomic E-state index is 5.24. The Bertz CT molecular complexity index is 589. The summed E-state index contributed by atoms with van der Waals surface area (Å²) in [7, 11) is 1.69. The van der Waals surface area contributed by atoms with Gasteiger partial charge in [-0.1, -0.05) is 31.9 Å². The van der Waals surface area contributed by atoms with Crippen molar-refractivity contribution in [2.75, 3.05) is 30.8 Å². The highest BCUT2D eigenvalue weighted by Crippen LogP contribution is 2.13. The Balaban J connectivity index is 1.78. The van der Waals surface area contributed by atoms with E-state index in [1.165, 1.54) is 18.4 Å². The van der Waals surface area contributed by atoms with Gasteiger partial charge in [-0.15, -0.1) is 0 Å². The number of hydrogen-bond donors (Lipinski definition) is 2. The van der Waals surface area contributed by atoms with E-state index in [2.05, 4.69) is 39.7 Å². The molecule has 5 heteroatoms. The van der Waals surface area contributed by atoms with Crippen LogP contribution >= 0.6 is 0 Å². The number of ether oxygens (including phenoxy) is 1. The third-order valence-corrected chi connectivity index (χ3v) is 3.57. The SMILES string of the molecule is CCCCCNc1nccc(NCCc2cccc(OC)c2)n1. The van der Waals surface area contributed by atoms with Gasteiger partial charge in [0.05, 0.1) is 7.11 Å². The first-order valence-corrected chi connectivity index (χ1v) is 8.25. The number of benzene rings is 1. The van der Waals surface area contributed by atoms with E-state index in [9.17, 15) is 0 Å². The van der Waals surface area contributed by atoms with E-state index in [4.69, 9.17) is 4.74 Å². The summed E-state index contributed by atoms with van der Waals surface area (Å²) in [6, 6.07) is 10.0. The minimum atomic E-state index is 0.687. The van der Waals surface area contributed by atoms with Crippen molar-refractivity contribution in [3.63, 3.8) is 0 Å². The average molecular weight is 314 g/mol. The first kappa shape index (κ1) is 17.1. The van der Waals surface area contributed by atoms with E-state index in [-0.39, 0.29) is 0 Å². The summed E-state index contributed by atoms with van der Waals surface area (Å²) in [5.41, 5.74) is 1.24. The molecule has 5 nitrogen and oxygen atoms in total. The van der Waals surface area contributed by atoms with E-state index < -0.39 is 0 Å².